The molecule has 0 fully saturated rings. The number of ether oxygens (including phenoxy) is 1. The van der Waals surface area contributed by atoms with Gasteiger partial charge in [-0.15, -0.1) is 0 Å². The van der Waals surface area contributed by atoms with Gasteiger partial charge >= 0.3 is 0 Å². The molecule has 2 aromatic heterocycles. The van der Waals surface area contributed by atoms with Crippen molar-refractivity contribution in [1.29, 1.82) is 0 Å². The van der Waals surface area contributed by atoms with E-state index in [1.165, 1.54) is 0 Å². The molecule has 0 aliphatic rings. The molecular weight excluding hydrogens is 220 g/mol. The Bertz CT molecular complexity index is 521. The van der Waals surface area contributed by atoms with Crippen LogP contribution in [-0.2, 0) is 6.42 Å². The molecule has 0 bridgehead atoms. The van der Waals surface area contributed by atoms with E-state index in [1.807, 2.05) is 6.07 Å². The molecule has 1 unspecified atom stereocenters. The molecule has 0 amide bonds. The Hall–Kier alpha value is -1.66. The van der Waals surface area contributed by atoms with Gasteiger partial charge in [-0.2, -0.15) is 4.98 Å². The van der Waals surface area contributed by atoms with Gasteiger partial charge in [0.15, 0.2) is 5.65 Å². The highest BCUT2D eigenvalue weighted by atomic mass is 16.5. The van der Waals surface area contributed by atoms with E-state index >= 15 is 0 Å². The quantitative estimate of drug-likeness (QED) is 0.705. The second kappa shape index (κ2) is 4.31. The van der Waals surface area contributed by atoms with Crippen molar-refractivity contribution in [3.05, 3.63) is 18.0 Å². The lowest BCUT2D eigenvalue weighted by Gasteiger charge is -2.18. The van der Waals surface area contributed by atoms with Gasteiger partial charge in [0.25, 0.3) is 0 Å². The minimum atomic E-state index is -0.960. The van der Waals surface area contributed by atoms with Gasteiger partial charge in [0.05, 0.1) is 18.2 Å². The molecule has 0 aliphatic carbocycles. The van der Waals surface area contributed by atoms with E-state index in [-0.39, 0.29) is 6.54 Å². The van der Waals surface area contributed by atoms with Gasteiger partial charge in [0, 0.05) is 19.0 Å². The van der Waals surface area contributed by atoms with E-state index in [2.05, 4.69) is 15.0 Å². The summed E-state index contributed by atoms with van der Waals surface area (Å²) in [4.78, 5) is 11.6. The van der Waals surface area contributed by atoms with Gasteiger partial charge in [0.1, 0.15) is 5.82 Å². The highest BCUT2D eigenvalue weighted by Gasteiger charge is 2.21. The number of nitrogens with one attached hydrogen (secondary N) is 1. The molecule has 17 heavy (non-hydrogen) atoms. The number of aromatic amines is 1. The first-order valence-electron chi connectivity index (χ1n) is 5.36. The monoisotopic (exact) mass is 236 g/mol. The lowest BCUT2D eigenvalue weighted by molar-refractivity contribution is 0.0678. The number of H-pyrrole nitrogens is 1. The fourth-order valence-corrected chi connectivity index (χ4v) is 1.56. The summed E-state index contributed by atoms with van der Waals surface area (Å²) in [5.74, 6) is 1.18. The number of fused-ring (bicyclic) bond motifs is 1. The van der Waals surface area contributed by atoms with Crippen LogP contribution in [0.5, 0.6) is 5.88 Å². The van der Waals surface area contributed by atoms with Gasteiger partial charge < -0.3 is 20.6 Å². The molecule has 6 heteroatoms. The summed E-state index contributed by atoms with van der Waals surface area (Å²) in [6, 6.07) is 3.60. The first kappa shape index (κ1) is 11.8. The second-order valence-electron chi connectivity index (χ2n) is 4.29. The molecule has 92 valence electrons. The number of imidazole rings is 1. The van der Waals surface area contributed by atoms with E-state index in [4.69, 9.17) is 10.5 Å². The first-order chi connectivity index (χ1) is 8.04. The van der Waals surface area contributed by atoms with Crippen LogP contribution in [0.3, 0.4) is 0 Å². The van der Waals surface area contributed by atoms with Crippen molar-refractivity contribution in [2.45, 2.75) is 18.9 Å². The SMILES string of the molecule is COc1ccc2[nH]c(CC(C)(O)CN)nc2n1. The summed E-state index contributed by atoms with van der Waals surface area (Å²) in [6.45, 7) is 1.86. The predicted molar refractivity (Wildman–Crippen MR) is 63.8 cm³/mol. The molecule has 2 rings (SSSR count). The van der Waals surface area contributed by atoms with Crippen molar-refractivity contribution in [2.24, 2.45) is 5.73 Å². The van der Waals surface area contributed by atoms with Crippen LogP contribution < -0.4 is 10.5 Å². The molecule has 0 saturated heterocycles. The molecule has 0 aliphatic heterocycles. The van der Waals surface area contributed by atoms with Crippen LogP contribution in [0.4, 0.5) is 0 Å². The molecule has 0 aromatic carbocycles. The van der Waals surface area contributed by atoms with Crippen molar-refractivity contribution in [2.75, 3.05) is 13.7 Å². The minimum absolute atomic E-state index is 0.181. The van der Waals surface area contributed by atoms with Crippen molar-refractivity contribution in [3.63, 3.8) is 0 Å². The fraction of sp³-hybridized carbons (Fsp3) is 0.455. The number of aromatic nitrogens is 3. The Morgan fingerprint density at radius 3 is 2.88 bits per heavy atom. The zero-order chi connectivity index (χ0) is 12.5. The third-order valence-corrected chi connectivity index (χ3v) is 2.57. The van der Waals surface area contributed by atoms with E-state index in [1.54, 1.807) is 20.1 Å². The zero-order valence-corrected chi connectivity index (χ0v) is 9.90. The summed E-state index contributed by atoms with van der Waals surface area (Å²) in [7, 11) is 1.56. The largest absolute Gasteiger partial charge is 0.481 e. The number of pyridine rings is 1. The Morgan fingerprint density at radius 2 is 2.24 bits per heavy atom. The number of rotatable bonds is 4. The maximum atomic E-state index is 9.87. The Morgan fingerprint density at radius 1 is 1.47 bits per heavy atom. The number of nitrogens with two attached hydrogens (primary N) is 1. The van der Waals surface area contributed by atoms with Gasteiger partial charge in [-0.1, -0.05) is 0 Å². The van der Waals surface area contributed by atoms with Crippen LogP contribution in [0.2, 0.25) is 0 Å². The molecule has 6 nitrogen and oxygen atoms in total. The van der Waals surface area contributed by atoms with Crippen LogP contribution in [0, 0.1) is 0 Å². The summed E-state index contributed by atoms with van der Waals surface area (Å²) in [5.41, 5.74) is 5.90. The van der Waals surface area contributed by atoms with Gasteiger partial charge in [-0.05, 0) is 13.0 Å². The number of hydrogen-bond acceptors (Lipinski definition) is 5. The molecule has 4 N–H and O–H groups in total. The van der Waals surface area contributed by atoms with Crippen molar-refractivity contribution >= 4 is 11.2 Å². The lowest BCUT2D eigenvalue weighted by Crippen LogP contribution is -2.36. The Balaban J connectivity index is 2.31. The number of aliphatic hydroxyl groups is 1. The third kappa shape index (κ3) is 2.54. The molecule has 0 spiro atoms. The molecular formula is C11H16N4O2. The lowest BCUT2D eigenvalue weighted by atomic mass is 10.0. The fourth-order valence-electron chi connectivity index (χ4n) is 1.56. The highest BCUT2D eigenvalue weighted by molar-refractivity contribution is 5.71. The van der Waals surface area contributed by atoms with Crippen LogP contribution in [-0.4, -0.2) is 39.3 Å². The maximum absolute atomic E-state index is 9.87. The van der Waals surface area contributed by atoms with Crippen molar-refractivity contribution in [3.8, 4) is 5.88 Å². The number of hydrogen-bond donors (Lipinski definition) is 3. The molecule has 2 aromatic rings. The second-order valence-corrected chi connectivity index (χ2v) is 4.29. The van der Waals surface area contributed by atoms with E-state index in [0.717, 1.165) is 5.52 Å². The van der Waals surface area contributed by atoms with Crippen LogP contribution in [0.1, 0.15) is 12.7 Å². The van der Waals surface area contributed by atoms with E-state index in [9.17, 15) is 5.11 Å². The summed E-state index contributed by atoms with van der Waals surface area (Å²) >= 11 is 0. The molecule has 2 heterocycles. The minimum Gasteiger partial charge on any atom is -0.481 e. The average molecular weight is 236 g/mol. The van der Waals surface area contributed by atoms with E-state index in [0.29, 0.717) is 23.8 Å². The molecule has 0 saturated carbocycles. The maximum Gasteiger partial charge on any atom is 0.215 e. The highest BCUT2D eigenvalue weighted by Crippen LogP contribution is 2.16. The van der Waals surface area contributed by atoms with Crippen LogP contribution in [0.15, 0.2) is 12.1 Å². The third-order valence-electron chi connectivity index (χ3n) is 2.57. The summed E-state index contributed by atoms with van der Waals surface area (Å²) in [5, 5.41) is 9.87. The molecule has 1 atom stereocenters. The van der Waals surface area contributed by atoms with Crippen LogP contribution in [0.25, 0.3) is 11.2 Å². The smallest absolute Gasteiger partial charge is 0.215 e. The van der Waals surface area contributed by atoms with Gasteiger partial charge in [-0.3, -0.25) is 0 Å². The van der Waals surface area contributed by atoms with Crippen LogP contribution >= 0.6 is 0 Å². The zero-order valence-electron chi connectivity index (χ0n) is 9.90. The first-order valence-corrected chi connectivity index (χ1v) is 5.36. The predicted octanol–water partition coefficient (Wildman–Crippen LogP) is 0.219. The molecule has 0 radical (unpaired) electrons. The van der Waals surface area contributed by atoms with Crippen molar-refractivity contribution in [1.82, 2.24) is 15.0 Å². The number of methoxy groups -OCH3 is 1. The Labute approximate surface area is 98.8 Å². The average Bonchev–Trinajstić information content (AvgIpc) is 2.68. The van der Waals surface area contributed by atoms with E-state index < -0.39 is 5.60 Å². The summed E-state index contributed by atoms with van der Waals surface area (Å²) < 4.78 is 5.02. The normalized spacial score (nSPS) is 14.8. The standard InChI is InChI=1S/C11H16N4O2/c1-11(16,6-12)5-8-13-7-3-4-9(17-2)15-10(7)14-8/h3-4,16H,5-6,12H2,1-2H3,(H,13,14,15). The van der Waals surface area contributed by atoms with Gasteiger partial charge in [0.2, 0.25) is 5.88 Å². The Kier molecular flexibility index (Phi) is 2.99. The summed E-state index contributed by atoms with van der Waals surface area (Å²) in [6.07, 6.45) is 0.363. The van der Waals surface area contributed by atoms with Gasteiger partial charge in [-0.25, -0.2) is 4.98 Å². The van der Waals surface area contributed by atoms with Crippen molar-refractivity contribution < 1.29 is 9.84 Å². The topological polar surface area (TPSA) is 97.0 Å². The number of nitrogens with zero attached hydrogens (tertiary/aromatic N) is 2.